The van der Waals surface area contributed by atoms with Crippen molar-refractivity contribution in [2.75, 3.05) is 25.6 Å². The van der Waals surface area contributed by atoms with Crippen LogP contribution in [-0.2, 0) is 9.47 Å². The summed E-state index contributed by atoms with van der Waals surface area (Å²) in [4.78, 5) is 15.2. The zero-order valence-corrected chi connectivity index (χ0v) is 8.60. The van der Waals surface area contributed by atoms with E-state index >= 15 is 0 Å². The maximum atomic E-state index is 11.4. The molecule has 0 amide bonds. The molecule has 0 saturated carbocycles. The molecule has 1 heterocycles. The van der Waals surface area contributed by atoms with Crippen LogP contribution in [0, 0.1) is 0 Å². The largest absolute Gasteiger partial charge is 0.459 e. The first-order valence-electron chi connectivity index (χ1n) is 4.71. The van der Waals surface area contributed by atoms with Gasteiger partial charge < -0.3 is 15.2 Å². The zero-order valence-electron chi connectivity index (χ0n) is 8.60. The number of aromatic nitrogens is 1. The van der Waals surface area contributed by atoms with Crippen LogP contribution in [0.25, 0.3) is 0 Å². The summed E-state index contributed by atoms with van der Waals surface area (Å²) in [7, 11) is 0. The second kappa shape index (κ2) is 5.98. The monoisotopic (exact) mass is 210 g/mol. The molecule has 0 radical (unpaired) electrons. The summed E-state index contributed by atoms with van der Waals surface area (Å²) < 4.78 is 9.92. The molecule has 82 valence electrons. The lowest BCUT2D eigenvalue weighted by Crippen LogP contribution is -2.12. The van der Waals surface area contributed by atoms with Gasteiger partial charge in [0.2, 0.25) is 0 Å². The normalized spacial score (nSPS) is 9.93. The van der Waals surface area contributed by atoms with Gasteiger partial charge >= 0.3 is 5.97 Å². The van der Waals surface area contributed by atoms with Crippen molar-refractivity contribution in [1.29, 1.82) is 0 Å². The number of anilines is 1. The van der Waals surface area contributed by atoms with E-state index in [4.69, 9.17) is 15.2 Å². The number of esters is 1. The lowest BCUT2D eigenvalue weighted by atomic mass is 10.3. The van der Waals surface area contributed by atoms with Crippen molar-refractivity contribution in [2.45, 2.75) is 6.92 Å². The maximum Gasteiger partial charge on any atom is 0.357 e. The van der Waals surface area contributed by atoms with Gasteiger partial charge in [0.05, 0.1) is 6.61 Å². The van der Waals surface area contributed by atoms with Crippen molar-refractivity contribution in [1.82, 2.24) is 4.98 Å². The molecule has 2 N–H and O–H groups in total. The molecule has 15 heavy (non-hydrogen) atoms. The number of carbonyl (C=O) groups excluding carboxylic acids is 1. The van der Waals surface area contributed by atoms with E-state index in [2.05, 4.69) is 4.98 Å². The van der Waals surface area contributed by atoms with Gasteiger partial charge in [-0.2, -0.15) is 0 Å². The summed E-state index contributed by atoms with van der Waals surface area (Å²) in [6.07, 6.45) is 0. The minimum Gasteiger partial charge on any atom is -0.459 e. The molecule has 5 heteroatoms. The smallest absolute Gasteiger partial charge is 0.357 e. The van der Waals surface area contributed by atoms with Crippen LogP contribution in [0.3, 0.4) is 0 Å². The Labute approximate surface area is 88.2 Å². The van der Waals surface area contributed by atoms with E-state index in [0.717, 1.165) is 0 Å². The Hall–Kier alpha value is -1.62. The van der Waals surface area contributed by atoms with Crippen LogP contribution in [-0.4, -0.2) is 30.8 Å². The third-order valence-electron chi connectivity index (χ3n) is 1.64. The summed E-state index contributed by atoms with van der Waals surface area (Å²) in [6, 6.07) is 4.82. The molecular formula is C10H14N2O3. The Morgan fingerprint density at radius 3 is 2.93 bits per heavy atom. The van der Waals surface area contributed by atoms with Crippen molar-refractivity contribution in [3.05, 3.63) is 23.9 Å². The zero-order chi connectivity index (χ0) is 11.1. The topological polar surface area (TPSA) is 74.4 Å². The summed E-state index contributed by atoms with van der Waals surface area (Å²) in [5, 5.41) is 0. The Kier molecular flexibility index (Phi) is 4.56. The van der Waals surface area contributed by atoms with Crippen LogP contribution < -0.4 is 5.73 Å². The van der Waals surface area contributed by atoms with Gasteiger partial charge in [0.25, 0.3) is 0 Å². The molecule has 1 aromatic heterocycles. The van der Waals surface area contributed by atoms with Gasteiger partial charge in [-0.25, -0.2) is 9.78 Å². The number of ether oxygens (including phenoxy) is 2. The van der Waals surface area contributed by atoms with E-state index in [-0.39, 0.29) is 12.3 Å². The summed E-state index contributed by atoms with van der Waals surface area (Å²) >= 11 is 0. The molecule has 0 spiro atoms. The second-order valence-corrected chi connectivity index (χ2v) is 2.78. The van der Waals surface area contributed by atoms with Crippen LogP contribution in [0.15, 0.2) is 18.2 Å². The second-order valence-electron chi connectivity index (χ2n) is 2.78. The Morgan fingerprint density at radius 1 is 1.47 bits per heavy atom. The molecule has 1 aromatic rings. The molecule has 0 atom stereocenters. The molecule has 0 saturated heterocycles. The first-order chi connectivity index (χ1) is 7.24. The molecular weight excluding hydrogens is 196 g/mol. The first-order valence-corrected chi connectivity index (χ1v) is 4.71. The number of carbonyl (C=O) groups is 1. The van der Waals surface area contributed by atoms with Gasteiger partial charge in [0.1, 0.15) is 12.4 Å². The fraction of sp³-hybridized carbons (Fsp3) is 0.400. The number of nitrogens with two attached hydrogens (primary N) is 1. The van der Waals surface area contributed by atoms with Crippen LogP contribution in [0.4, 0.5) is 5.82 Å². The highest BCUT2D eigenvalue weighted by Gasteiger charge is 2.08. The number of hydrogen-bond donors (Lipinski definition) is 1. The Balaban J connectivity index is 2.40. The van der Waals surface area contributed by atoms with E-state index in [1.807, 2.05) is 6.92 Å². The molecule has 0 aliphatic heterocycles. The minimum absolute atomic E-state index is 0.214. The standard InChI is InChI=1S/C10H14N2O3/c1-2-14-6-7-15-10(13)8-4-3-5-9(11)12-8/h3-5H,2,6-7H2,1H3,(H2,11,12). The van der Waals surface area contributed by atoms with Crippen molar-refractivity contribution < 1.29 is 14.3 Å². The van der Waals surface area contributed by atoms with Crippen LogP contribution in [0.1, 0.15) is 17.4 Å². The first kappa shape index (κ1) is 11.5. The van der Waals surface area contributed by atoms with Crippen LogP contribution in [0.5, 0.6) is 0 Å². The van der Waals surface area contributed by atoms with Gasteiger partial charge in [-0.1, -0.05) is 6.07 Å². The van der Waals surface area contributed by atoms with E-state index < -0.39 is 5.97 Å². The third-order valence-corrected chi connectivity index (χ3v) is 1.64. The van der Waals surface area contributed by atoms with Gasteiger partial charge in [0.15, 0.2) is 5.69 Å². The lowest BCUT2D eigenvalue weighted by molar-refractivity contribution is 0.0329. The third kappa shape index (κ3) is 3.95. The number of nitrogens with zero attached hydrogens (tertiary/aromatic N) is 1. The predicted octanol–water partition coefficient (Wildman–Crippen LogP) is 0.857. The highest BCUT2D eigenvalue weighted by Crippen LogP contribution is 2.02. The molecule has 0 aliphatic rings. The SMILES string of the molecule is CCOCCOC(=O)c1cccc(N)n1. The summed E-state index contributed by atoms with van der Waals surface area (Å²) in [6.45, 7) is 3.10. The molecule has 5 nitrogen and oxygen atoms in total. The number of pyridine rings is 1. The van der Waals surface area contributed by atoms with Gasteiger partial charge in [0, 0.05) is 6.61 Å². The Bertz CT molecular complexity index is 328. The van der Waals surface area contributed by atoms with E-state index in [9.17, 15) is 4.79 Å². The molecule has 0 bridgehead atoms. The van der Waals surface area contributed by atoms with Crippen molar-refractivity contribution in [3.8, 4) is 0 Å². The lowest BCUT2D eigenvalue weighted by Gasteiger charge is -2.04. The van der Waals surface area contributed by atoms with Crippen LogP contribution >= 0.6 is 0 Å². The molecule has 0 aliphatic carbocycles. The van der Waals surface area contributed by atoms with E-state index in [0.29, 0.717) is 19.0 Å². The highest BCUT2D eigenvalue weighted by molar-refractivity contribution is 5.87. The molecule has 0 aromatic carbocycles. The number of nitrogen functional groups attached to an aromatic ring is 1. The highest BCUT2D eigenvalue weighted by atomic mass is 16.6. The summed E-state index contributed by atoms with van der Waals surface area (Å²) in [5.74, 6) is -0.184. The van der Waals surface area contributed by atoms with Gasteiger partial charge in [-0.05, 0) is 19.1 Å². The predicted molar refractivity (Wildman–Crippen MR) is 55.4 cm³/mol. The molecule has 0 fully saturated rings. The van der Waals surface area contributed by atoms with Gasteiger partial charge in [-0.15, -0.1) is 0 Å². The van der Waals surface area contributed by atoms with Crippen molar-refractivity contribution >= 4 is 11.8 Å². The average Bonchev–Trinajstić information content (AvgIpc) is 2.24. The molecule has 1 rings (SSSR count). The minimum atomic E-state index is -0.484. The van der Waals surface area contributed by atoms with Crippen molar-refractivity contribution in [3.63, 3.8) is 0 Å². The summed E-state index contributed by atoms with van der Waals surface area (Å²) in [5.41, 5.74) is 5.64. The maximum absolute atomic E-state index is 11.4. The fourth-order valence-corrected chi connectivity index (χ4v) is 0.977. The average molecular weight is 210 g/mol. The van der Waals surface area contributed by atoms with Crippen LogP contribution in [0.2, 0.25) is 0 Å². The number of hydrogen-bond acceptors (Lipinski definition) is 5. The number of rotatable bonds is 5. The fourth-order valence-electron chi connectivity index (χ4n) is 0.977. The Morgan fingerprint density at radius 2 is 2.27 bits per heavy atom. The quantitative estimate of drug-likeness (QED) is 0.576. The van der Waals surface area contributed by atoms with Crippen molar-refractivity contribution in [2.24, 2.45) is 0 Å². The molecule has 0 unspecified atom stereocenters. The van der Waals surface area contributed by atoms with E-state index in [1.165, 1.54) is 0 Å². The van der Waals surface area contributed by atoms with Gasteiger partial charge in [-0.3, -0.25) is 0 Å². The van der Waals surface area contributed by atoms with E-state index in [1.54, 1.807) is 18.2 Å².